The van der Waals surface area contributed by atoms with Crippen molar-refractivity contribution in [2.24, 2.45) is 0 Å². The highest BCUT2D eigenvalue weighted by Crippen LogP contribution is 2.32. The van der Waals surface area contributed by atoms with Gasteiger partial charge in [0.15, 0.2) is 11.5 Å². The van der Waals surface area contributed by atoms with E-state index in [1.54, 1.807) is 11.3 Å². The Hall–Kier alpha value is -1.39. The van der Waals surface area contributed by atoms with Gasteiger partial charge >= 0.3 is 0 Å². The van der Waals surface area contributed by atoms with E-state index in [9.17, 15) is 0 Å². The molecule has 1 aliphatic heterocycles. The summed E-state index contributed by atoms with van der Waals surface area (Å²) in [5.41, 5.74) is 1.06. The third-order valence-electron chi connectivity index (χ3n) is 2.59. The van der Waals surface area contributed by atoms with Crippen LogP contribution in [0.2, 0.25) is 0 Å². The van der Waals surface area contributed by atoms with Crippen molar-refractivity contribution in [3.05, 3.63) is 40.6 Å². The lowest BCUT2D eigenvalue weighted by Crippen LogP contribution is -3.00. The molecule has 0 saturated carbocycles. The maximum atomic E-state index is 5.54. The number of thiophene rings is 1. The molecule has 3 nitrogen and oxygen atoms in total. The van der Waals surface area contributed by atoms with Gasteiger partial charge in [-0.25, -0.2) is 0 Å². The zero-order chi connectivity index (χ0) is 11.5. The molecule has 0 atom stereocenters. The van der Waals surface area contributed by atoms with Crippen LogP contribution < -0.4 is 27.2 Å². The second-order valence-electron chi connectivity index (χ2n) is 3.79. The predicted octanol–water partition coefficient (Wildman–Crippen LogP) is 0.135. The molecule has 0 bridgehead atoms. The van der Waals surface area contributed by atoms with Gasteiger partial charge in [0.25, 0.3) is 0 Å². The van der Waals surface area contributed by atoms with Gasteiger partial charge in [0.2, 0.25) is 0 Å². The lowest BCUT2D eigenvalue weighted by atomic mass is 10.2. The van der Waals surface area contributed by atoms with Crippen molar-refractivity contribution >= 4 is 17.0 Å². The molecule has 3 rings (SSSR count). The van der Waals surface area contributed by atoms with Gasteiger partial charge in [-0.2, -0.15) is 0 Å². The quantitative estimate of drug-likeness (QED) is 0.869. The minimum atomic E-state index is 0. The van der Waals surface area contributed by atoms with Gasteiger partial charge in [0.1, 0.15) is 13.2 Å². The molecule has 0 fully saturated rings. The minimum Gasteiger partial charge on any atom is -1.00 e. The summed E-state index contributed by atoms with van der Waals surface area (Å²) >= 11 is 1.75. The standard InChI is InChI=1S/C13H13NO2S.ClH/c1-2-11(17-7-1)9-14-10-3-4-12-13(8-10)16-6-5-15-12;/h1-4,7-8,14H,5-6,9H2;1H/p-1. The van der Waals surface area contributed by atoms with Crippen molar-refractivity contribution in [1.82, 2.24) is 0 Å². The van der Waals surface area contributed by atoms with Crippen molar-refractivity contribution in [2.45, 2.75) is 6.54 Å². The Morgan fingerprint density at radius 1 is 1.11 bits per heavy atom. The molecule has 0 saturated heterocycles. The number of ether oxygens (including phenoxy) is 2. The third kappa shape index (κ3) is 2.89. The van der Waals surface area contributed by atoms with Crippen molar-refractivity contribution in [3.63, 3.8) is 0 Å². The molecule has 2 heterocycles. The highest BCUT2D eigenvalue weighted by molar-refractivity contribution is 7.09. The molecule has 0 spiro atoms. The van der Waals surface area contributed by atoms with Crippen LogP contribution in [0.1, 0.15) is 4.88 Å². The van der Waals surface area contributed by atoms with Gasteiger partial charge in [-0.15, -0.1) is 11.3 Å². The molecule has 1 aromatic heterocycles. The SMILES string of the molecule is [Cl-].c1csc(CNc2ccc3c(c2)OCCO3)c1. The average Bonchev–Trinajstić information content (AvgIpc) is 2.89. The summed E-state index contributed by atoms with van der Waals surface area (Å²) in [7, 11) is 0. The van der Waals surface area contributed by atoms with Crippen molar-refractivity contribution in [3.8, 4) is 11.5 Å². The van der Waals surface area contributed by atoms with E-state index in [2.05, 4.69) is 22.8 Å². The van der Waals surface area contributed by atoms with Crippen LogP contribution in [0.5, 0.6) is 11.5 Å². The summed E-state index contributed by atoms with van der Waals surface area (Å²) < 4.78 is 11.0. The van der Waals surface area contributed by atoms with E-state index in [4.69, 9.17) is 9.47 Å². The molecule has 96 valence electrons. The average molecular weight is 283 g/mol. The van der Waals surface area contributed by atoms with Crippen molar-refractivity contribution < 1.29 is 21.9 Å². The van der Waals surface area contributed by atoms with Crippen LogP contribution in [0.15, 0.2) is 35.7 Å². The molecule has 1 aromatic carbocycles. The molecule has 2 aromatic rings. The summed E-state index contributed by atoms with van der Waals surface area (Å²) in [6.07, 6.45) is 0. The number of anilines is 1. The minimum absolute atomic E-state index is 0. The summed E-state index contributed by atoms with van der Waals surface area (Å²) in [6, 6.07) is 10.1. The maximum absolute atomic E-state index is 5.54. The van der Waals surface area contributed by atoms with Crippen LogP contribution in [0.4, 0.5) is 5.69 Å². The molecule has 1 N–H and O–H groups in total. The maximum Gasteiger partial charge on any atom is 0.163 e. The highest BCUT2D eigenvalue weighted by Gasteiger charge is 2.11. The van der Waals surface area contributed by atoms with Crippen LogP contribution in [0.3, 0.4) is 0 Å². The number of hydrogen-bond acceptors (Lipinski definition) is 4. The molecule has 5 heteroatoms. The van der Waals surface area contributed by atoms with Gasteiger partial charge in [-0.05, 0) is 23.6 Å². The van der Waals surface area contributed by atoms with Gasteiger partial charge < -0.3 is 27.2 Å². The van der Waals surface area contributed by atoms with Crippen molar-refractivity contribution in [1.29, 1.82) is 0 Å². The second kappa shape index (κ2) is 5.98. The molecular weight excluding hydrogens is 270 g/mol. The van der Waals surface area contributed by atoms with Gasteiger partial charge in [-0.1, -0.05) is 6.07 Å². The lowest BCUT2D eigenvalue weighted by Gasteiger charge is -2.19. The third-order valence-corrected chi connectivity index (χ3v) is 3.47. The van der Waals surface area contributed by atoms with Crippen LogP contribution in [-0.2, 0) is 6.54 Å². The molecule has 1 aliphatic rings. The van der Waals surface area contributed by atoms with E-state index < -0.39 is 0 Å². The predicted molar refractivity (Wildman–Crippen MR) is 69.1 cm³/mol. The van der Waals surface area contributed by atoms with E-state index >= 15 is 0 Å². The lowest BCUT2D eigenvalue weighted by molar-refractivity contribution is -0.00000388. The van der Waals surface area contributed by atoms with E-state index in [0.717, 1.165) is 23.7 Å². The number of hydrogen-bond donors (Lipinski definition) is 1. The fourth-order valence-corrected chi connectivity index (χ4v) is 2.40. The van der Waals surface area contributed by atoms with E-state index in [1.165, 1.54) is 4.88 Å². The van der Waals surface area contributed by atoms with Crippen LogP contribution in [0, 0.1) is 0 Å². The van der Waals surface area contributed by atoms with Gasteiger partial charge in [0, 0.05) is 23.2 Å². The van der Waals surface area contributed by atoms with Gasteiger partial charge in [-0.3, -0.25) is 0 Å². The first-order valence-electron chi connectivity index (χ1n) is 5.58. The molecule has 18 heavy (non-hydrogen) atoms. The highest BCUT2D eigenvalue weighted by atomic mass is 35.5. The molecule has 0 aliphatic carbocycles. The van der Waals surface area contributed by atoms with Gasteiger partial charge in [0.05, 0.1) is 0 Å². The summed E-state index contributed by atoms with van der Waals surface area (Å²) in [5, 5.41) is 5.46. The van der Waals surface area contributed by atoms with Crippen LogP contribution in [0.25, 0.3) is 0 Å². The molecule has 0 amide bonds. The Morgan fingerprint density at radius 3 is 2.72 bits per heavy atom. The Kier molecular flexibility index (Phi) is 4.33. The zero-order valence-electron chi connectivity index (χ0n) is 9.69. The fourth-order valence-electron chi connectivity index (χ4n) is 1.76. The Morgan fingerprint density at radius 2 is 1.94 bits per heavy atom. The Labute approximate surface area is 116 Å². The number of fused-ring (bicyclic) bond motifs is 1. The Balaban J connectivity index is 0.00000120. The number of rotatable bonds is 3. The molecule has 0 unspecified atom stereocenters. The zero-order valence-corrected chi connectivity index (χ0v) is 11.3. The first kappa shape index (κ1) is 13.1. The summed E-state index contributed by atoms with van der Waals surface area (Å²) in [6.45, 7) is 2.10. The van der Waals surface area contributed by atoms with E-state index in [-0.39, 0.29) is 12.4 Å². The number of benzene rings is 1. The first-order valence-corrected chi connectivity index (χ1v) is 6.46. The van der Waals surface area contributed by atoms with Crippen LogP contribution >= 0.6 is 11.3 Å². The van der Waals surface area contributed by atoms with Crippen molar-refractivity contribution in [2.75, 3.05) is 18.5 Å². The molecular formula is C13H13ClNO2S-. The van der Waals surface area contributed by atoms with E-state index in [1.807, 2.05) is 18.2 Å². The molecule has 0 radical (unpaired) electrons. The number of halogens is 1. The van der Waals surface area contributed by atoms with E-state index in [0.29, 0.717) is 13.2 Å². The Bertz CT molecular complexity index is 502. The number of nitrogens with one attached hydrogen (secondary N) is 1. The smallest absolute Gasteiger partial charge is 0.163 e. The summed E-state index contributed by atoms with van der Waals surface area (Å²) in [5.74, 6) is 1.66. The topological polar surface area (TPSA) is 30.5 Å². The largest absolute Gasteiger partial charge is 1.00 e. The monoisotopic (exact) mass is 282 g/mol. The first-order chi connectivity index (χ1) is 8.42. The fraction of sp³-hybridized carbons (Fsp3) is 0.231. The summed E-state index contributed by atoms with van der Waals surface area (Å²) in [4.78, 5) is 1.32. The van der Waals surface area contributed by atoms with Crippen LogP contribution in [-0.4, -0.2) is 13.2 Å². The normalized spacial score (nSPS) is 12.7. The second-order valence-corrected chi connectivity index (χ2v) is 4.82.